The molecule has 0 bridgehead atoms. The number of rotatable bonds is 11. The zero-order chi connectivity index (χ0) is 24.6. The first-order chi connectivity index (χ1) is 15.6. The summed E-state index contributed by atoms with van der Waals surface area (Å²) in [5.74, 6) is -1.73. The molecule has 2 rings (SSSR count). The van der Waals surface area contributed by atoms with E-state index in [0.29, 0.717) is 12.8 Å². The number of benzene rings is 2. The highest BCUT2D eigenvalue weighted by Crippen LogP contribution is 2.23. The van der Waals surface area contributed by atoms with Crippen LogP contribution < -0.4 is 9.62 Å². The van der Waals surface area contributed by atoms with Crippen LogP contribution in [0.5, 0.6) is 0 Å². The lowest BCUT2D eigenvalue weighted by molar-refractivity contribution is -0.139. The minimum atomic E-state index is -4.19. The van der Waals surface area contributed by atoms with Crippen LogP contribution in [-0.4, -0.2) is 69.7 Å². The van der Waals surface area contributed by atoms with Gasteiger partial charge in [0.05, 0.1) is 5.69 Å². The van der Waals surface area contributed by atoms with Crippen molar-refractivity contribution < 1.29 is 22.4 Å². The van der Waals surface area contributed by atoms with E-state index in [1.807, 2.05) is 30.3 Å². The number of para-hydroxylation sites is 1. The molecular weight excluding hydrogens is 447 g/mol. The number of likely N-dealkylation sites (N-methyl/N-ethyl adjacent to an activating group) is 1. The molecular formula is C23H31FN4O4S. The Labute approximate surface area is 195 Å². The Morgan fingerprint density at radius 1 is 1.03 bits per heavy atom. The van der Waals surface area contributed by atoms with Crippen molar-refractivity contribution in [2.45, 2.75) is 25.8 Å². The maximum Gasteiger partial charge on any atom is 0.304 e. The van der Waals surface area contributed by atoms with Crippen molar-refractivity contribution in [3.8, 4) is 0 Å². The summed E-state index contributed by atoms with van der Waals surface area (Å²) in [6.07, 6.45) is 0.806. The molecule has 1 unspecified atom stereocenters. The Hall–Kier alpha value is -2.98. The number of anilines is 1. The predicted molar refractivity (Wildman–Crippen MR) is 126 cm³/mol. The molecule has 0 radical (unpaired) electrons. The van der Waals surface area contributed by atoms with Crippen molar-refractivity contribution in [1.82, 2.24) is 14.5 Å². The fraction of sp³-hybridized carbons (Fsp3) is 0.391. The molecule has 1 atom stereocenters. The van der Waals surface area contributed by atoms with Gasteiger partial charge in [-0.15, -0.1) is 0 Å². The second kappa shape index (κ2) is 11.8. The molecule has 0 aromatic heterocycles. The number of halogens is 1. The standard InChI is InChI=1S/C23H31FN4O4S/c1-5-20(23(30)25-2)27(16-15-18-11-7-6-8-12-18)22(29)17-28(33(31,32)26(3)4)21-14-10-9-13-19(21)24/h6-14,20H,5,15-17H2,1-4H3,(H,25,30). The molecule has 0 aliphatic carbocycles. The summed E-state index contributed by atoms with van der Waals surface area (Å²) < 4.78 is 42.2. The Bertz CT molecular complexity index is 1050. The molecule has 0 heterocycles. The summed E-state index contributed by atoms with van der Waals surface area (Å²) in [4.78, 5) is 27.3. The van der Waals surface area contributed by atoms with E-state index < -0.39 is 34.5 Å². The Kier molecular flexibility index (Phi) is 9.36. The van der Waals surface area contributed by atoms with E-state index in [4.69, 9.17) is 0 Å². The van der Waals surface area contributed by atoms with Crippen LogP contribution in [0.4, 0.5) is 10.1 Å². The predicted octanol–water partition coefficient (Wildman–Crippen LogP) is 2.03. The number of nitrogens with zero attached hydrogens (tertiary/aromatic N) is 3. The molecule has 0 saturated carbocycles. The molecule has 33 heavy (non-hydrogen) atoms. The van der Waals surface area contributed by atoms with Crippen LogP contribution in [-0.2, 0) is 26.2 Å². The second-order valence-corrected chi connectivity index (χ2v) is 9.68. The van der Waals surface area contributed by atoms with E-state index in [-0.39, 0.29) is 18.1 Å². The molecule has 180 valence electrons. The minimum absolute atomic E-state index is 0.196. The van der Waals surface area contributed by atoms with Crippen LogP contribution >= 0.6 is 0 Å². The third-order valence-electron chi connectivity index (χ3n) is 5.26. The lowest BCUT2D eigenvalue weighted by atomic mass is 10.1. The van der Waals surface area contributed by atoms with Crippen molar-refractivity contribution in [3.63, 3.8) is 0 Å². The third-order valence-corrected chi connectivity index (χ3v) is 7.06. The summed E-state index contributed by atoms with van der Waals surface area (Å²) in [5, 5.41) is 2.56. The van der Waals surface area contributed by atoms with Gasteiger partial charge in [0, 0.05) is 27.7 Å². The first-order valence-electron chi connectivity index (χ1n) is 10.6. The van der Waals surface area contributed by atoms with Crippen molar-refractivity contribution >= 4 is 27.7 Å². The largest absolute Gasteiger partial charge is 0.357 e. The summed E-state index contributed by atoms with van der Waals surface area (Å²) in [5.41, 5.74) is 0.726. The molecule has 10 heteroatoms. The minimum Gasteiger partial charge on any atom is -0.357 e. The normalized spacial score (nSPS) is 12.3. The molecule has 0 aliphatic heterocycles. The number of carbonyl (C=O) groups excluding carboxylic acids is 2. The fourth-order valence-electron chi connectivity index (χ4n) is 3.42. The second-order valence-electron chi connectivity index (χ2n) is 7.61. The van der Waals surface area contributed by atoms with Gasteiger partial charge in [-0.05, 0) is 30.5 Å². The number of hydrogen-bond acceptors (Lipinski definition) is 4. The molecule has 2 aromatic carbocycles. The van der Waals surface area contributed by atoms with Gasteiger partial charge in [-0.1, -0.05) is 49.4 Å². The van der Waals surface area contributed by atoms with Crippen LogP contribution in [0.3, 0.4) is 0 Å². The average molecular weight is 479 g/mol. The fourth-order valence-corrected chi connectivity index (χ4v) is 4.48. The summed E-state index contributed by atoms with van der Waals surface area (Å²) >= 11 is 0. The quantitative estimate of drug-likeness (QED) is 0.535. The molecule has 8 nitrogen and oxygen atoms in total. The lowest BCUT2D eigenvalue weighted by Gasteiger charge is -2.33. The van der Waals surface area contributed by atoms with Crippen molar-refractivity contribution in [1.29, 1.82) is 0 Å². The van der Waals surface area contributed by atoms with E-state index in [0.717, 1.165) is 20.2 Å². The SMILES string of the molecule is CCC(C(=O)NC)N(CCc1ccccc1)C(=O)CN(c1ccccc1F)S(=O)(=O)N(C)C. The van der Waals surface area contributed by atoms with Gasteiger partial charge in [0.25, 0.3) is 0 Å². The maximum absolute atomic E-state index is 14.5. The Morgan fingerprint density at radius 2 is 1.64 bits per heavy atom. The van der Waals surface area contributed by atoms with E-state index in [2.05, 4.69) is 5.32 Å². The molecule has 2 amide bonds. The van der Waals surface area contributed by atoms with Crippen LogP contribution in [0.2, 0.25) is 0 Å². The zero-order valence-corrected chi connectivity index (χ0v) is 20.2. The molecule has 0 saturated heterocycles. The molecule has 1 N–H and O–H groups in total. The zero-order valence-electron chi connectivity index (χ0n) is 19.4. The van der Waals surface area contributed by atoms with Gasteiger partial charge in [-0.3, -0.25) is 9.59 Å². The van der Waals surface area contributed by atoms with Crippen molar-refractivity contribution in [3.05, 3.63) is 66.0 Å². The van der Waals surface area contributed by atoms with Crippen molar-refractivity contribution in [2.24, 2.45) is 0 Å². The van der Waals surface area contributed by atoms with Gasteiger partial charge in [0.2, 0.25) is 11.8 Å². The first-order valence-corrected chi connectivity index (χ1v) is 12.0. The molecule has 0 spiro atoms. The van der Waals surface area contributed by atoms with Gasteiger partial charge < -0.3 is 10.2 Å². The van der Waals surface area contributed by atoms with E-state index in [1.54, 1.807) is 6.92 Å². The monoisotopic (exact) mass is 478 g/mol. The number of nitrogens with one attached hydrogen (secondary N) is 1. The topological polar surface area (TPSA) is 90.0 Å². The first kappa shape index (κ1) is 26.3. The lowest BCUT2D eigenvalue weighted by Crippen LogP contribution is -2.53. The van der Waals surface area contributed by atoms with Crippen LogP contribution in [0.25, 0.3) is 0 Å². The summed E-state index contributed by atoms with van der Waals surface area (Å²) in [7, 11) is -0.0992. The number of hydrogen-bond donors (Lipinski definition) is 1. The third kappa shape index (κ3) is 6.52. The van der Waals surface area contributed by atoms with Gasteiger partial charge in [-0.2, -0.15) is 12.7 Å². The van der Waals surface area contributed by atoms with Crippen LogP contribution in [0.15, 0.2) is 54.6 Å². The molecule has 0 fully saturated rings. The highest BCUT2D eigenvalue weighted by atomic mass is 32.2. The Balaban J connectivity index is 2.42. The van der Waals surface area contributed by atoms with Gasteiger partial charge in [0.1, 0.15) is 18.4 Å². The molecule has 0 aliphatic rings. The maximum atomic E-state index is 14.5. The summed E-state index contributed by atoms with van der Waals surface area (Å²) in [6.45, 7) is 1.32. The number of carbonyl (C=O) groups is 2. The van der Waals surface area contributed by atoms with Crippen LogP contribution in [0.1, 0.15) is 18.9 Å². The highest BCUT2D eigenvalue weighted by molar-refractivity contribution is 7.90. The highest BCUT2D eigenvalue weighted by Gasteiger charge is 2.34. The van der Waals surface area contributed by atoms with Gasteiger partial charge in [-0.25, -0.2) is 8.70 Å². The van der Waals surface area contributed by atoms with Crippen molar-refractivity contribution in [2.75, 3.05) is 38.5 Å². The smallest absolute Gasteiger partial charge is 0.304 e. The average Bonchev–Trinajstić information content (AvgIpc) is 2.80. The van der Waals surface area contributed by atoms with Gasteiger partial charge >= 0.3 is 10.2 Å². The van der Waals surface area contributed by atoms with E-state index in [1.165, 1.54) is 44.2 Å². The Morgan fingerprint density at radius 3 is 2.18 bits per heavy atom. The van der Waals surface area contributed by atoms with Crippen LogP contribution in [0, 0.1) is 5.82 Å². The van der Waals surface area contributed by atoms with Gasteiger partial charge in [0.15, 0.2) is 0 Å². The summed E-state index contributed by atoms with van der Waals surface area (Å²) in [6, 6.07) is 14.0. The van der Waals surface area contributed by atoms with E-state index in [9.17, 15) is 22.4 Å². The number of amides is 2. The molecule has 2 aromatic rings. The van der Waals surface area contributed by atoms with E-state index >= 15 is 0 Å².